The Hall–Kier alpha value is -1.35. The van der Waals surface area contributed by atoms with Gasteiger partial charge in [0, 0.05) is 12.0 Å². The van der Waals surface area contributed by atoms with Crippen LogP contribution in [-0.2, 0) is 12.0 Å². The summed E-state index contributed by atoms with van der Waals surface area (Å²) in [6.45, 7) is 12.6. The molecule has 2 N–H and O–H groups in total. The zero-order valence-corrected chi connectivity index (χ0v) is 12.7. The van der Waals surface area contributed by atoms with Crippen molar-refractivity contribution >= 4 is 11.0 Å². The largest absolute Gasteiger partial charge is 0.330 e. The lowest BCUT2D eigenvalue weighted by molar-refractivity contribution is 0.498. The van der Waals surface area contributed by atoms with E-state index in [1.165, 1.54) is 16.6 Å². The zero-order chi connectivity index (χ0) is 14.2. The van der Waals surface area contributed by atoms with Crippen LogP contribution < -0.4 is 5.73 Å². The van der Waals surface area contributed by atoms with Gasteiger partial charge in [0.15, 0.2) is 0 Å². The van der Waals surface area contributed by atoms with Gasteiger partial charge in [-0.2, -0.15) is 0 Å². The van der Waals surface area contributed by atoms with Crippen molar-refractivity contribution in [1.29, 1.82) is 0 Å². The number of aryl methyl sites for hydroxylation is 3. The quantitative estimate of drug-likeness (QED) is 0.919. The van der Waals surface area contributed by atoms with Crippen LogP contribution in [0, 0.1) is 13.8 Å². The molecule has 3 nitrogen and oxygen atoms in total. The third-order valence-corrected chi connectivity index (χ3v) is 3.62. The molecule has 0 aliphatic rings. The van der Waals surface area contributed by atoms with Gasteiger partial charge in [-0.3, -0.25) is 0 Å². The Morgan fingerprint density at radius 2 is 1.79 bits per heavy atom. The molecular formula is C16H25N3. The first-order valence-corrected chi connectivity index (χ1v) is 7.02. The lowest BCUT2D eigenvalue weighted by Crippen LogP contribution is -2.20. The van der Waals surface area contributed by atoms with Gasteiger partial charge >= 0.3 is 0 Å². The molecule has 2 aromatic rings. The Morgan fingerprint density at radius 3 is 2.37 bits per heavy atom. The minimum atomic E-state index is 0.0510. The van der Waals surface area contributed by atoms with Crippen molar-refractivity contribution in [2.24, 2.45) is 5.73 Å². The van der Waals surface area contributed by atoms with Crippen molar-refractivity contribution in [3.05, 3.63) is 29.1 Å². The predicted octanol–water partition coefficient (Wildman–Crippen LogP) is 3.30. The minimum Gasteiger partial charge on any atom is -0.330 e. The summed E-state index contributed by atoms with van der Waals surface area (Å²) in [5, 5.41) is 0. The number of nitrogens with zero attached hydrogens (tertiary/aromatic N) is 2. The van der Waals surface area contributed by atoms with E-state index >= 15 is 0 Å². The second-order valence-corrected chi connectivity index (χ2v) is 6.40. The minimum absolute atomic E-state index is 0.0510. The van der Waals surface area contributed by atoms with Crippen LogP contribution in [-0.4, -0.2) is 16.1 Å². The van der Waals surface area contributed by atoms with Gasteiger partial charge < -0.3 is 10.3 Å². The fourth-order valence-electron chi connectivity index (χ4n) is 2.43. The van der Waals surface area contributed by atoms with Crippen LogP contribution >= 0.6 is 0 Å². The molecule has 0 fully saturated rings. The Morgan fingerprint density at radius 1 is 1.16 bits per heavy atom. The van der Waals surface area contributed by atoms with Crippen LogP contribution in [0.1, 0.15) is 44.1 Å². The Balaban J connectivity index is 2.67. The maximum Gasteiger partial charge on any atom is 0.115 e. The fraction of sp³-hybridized carbons (Fsp3) is 0.562. The average molecular weight is 259 g/mol. The molecule has 0 spiro atoms. The van der Waals surface area contributed by atoms with E-state index in [2.05, 4.69) is 51.3 Å². The highest BCUT2D eigenvalue weighted by Crippen LogP contribution is 2.28. The van der Waals surface area contributed by atoms with E-state index in [1.54, 1.807) is 0 Å². The third-order valence-electron chi connectivity index (χ3n) is 3.62. The van der Waals surface area contributed by atoms with Crippen LogP contribution in [0.3, 0.4) is 0 Å². The van der Waals surface area contributed by atoms with Crippen LogP contribution in [0.25, 0.3) is 11.0 Å². The molecular weight excluding hydrogens is 234 g/mol. The van der Waals surface area contributed by atoms with E-state index < -0.39 is 0 Å². The Labute approximate surface area is 115 Å². The molecule has 0 saturated heterocycles. The van der Waals surface area contributed by atoms with Crippen molar-refractivity contribution in [2.45, 2.75) is 53.0 Å². The van der Waals surface area contributed by atoms with Crippen LogP contribution in [0.2, 0.25) is 0 Å². The number of aromatic nitrogens is 2. The number of imidazole rings is 1. The number of hydrogen-bond donors (Lipinski definition) is 1. The normalized spacial score (nSPS) is 12.3. The average Bonchev–Trinajstić information content (AvgIpc) is 2.65. The van der Waals surface area contributed by atoms with Gasteiger partial charge in [0.05, 0.1) is 11.0 Å². The molecule has 0 aliphatic carbocycles. The van der Waals surface area contributed by atoms with Crippen LogP contribution in [0.4, 0.5) is 0 Å². The second kappa shape index (κ2) is 4.97. The van der Waals surface area contributed by atoms with E-state index in [-0.39, 0.29) is 5.41 Å². The molecule has 19 heavy (non-hydrogen) atoms. The summed E-state index contributed by atoms with van der Waals surface area (Å²) in [7, 11) is 0. The van der Waals surface area contributed by atoms with Crippen LogP contribution in [0.15, 0.2) is 12.1 Å². The summed E-state index contributed by atoms with van der Waals surface area (Å²) < 4.78 is 2.34. The van der Waals surface area contributed by atoms with Crippen molar-refractivity contribution in [3.63, 3.8) is 0 Å². The van der Waals surface area contributed by atoms with E-state index in [0.717, 1.165) is 24.3 Å². The lowest BCUT2D eigenvalue weighted by Gasteiger charge is -2.20. The SMILES string of the molecule is Cc1cc2nc(C(C)(C)C)n(CCCN)c2cc1C. The highest BCUT2D eigenvalue weighted by atomic mass is 15.1. The molecule has 104 valence electrons. The van der Waals surface area contributed by atoms with E-state index in [9.17, 15) is 0 Å². The summed E-state index contributed by atoms with van der Waals surface area (Å²) in [6.07, 6.45) is 0.988. The lowest BCUT2D eigenvalue weighted by atomic mass is 9.95. The Kier molecular flexibility index (Phi) is 3.68. The molecule has 0 unspecified atom stereocenters. The highest BCUT2D eigenvalue weighted by molar-refractivity contribution is 5.78. The molecule has 0 atom stereocenters. The molecule has 3 heteroatoms. The van der Waals surface area contributed by atoms with Gasteiger partial charge in [0.1, 0.15) is 5.82 Å². The van der Waals surface area contributed by atoms with Crippen molar-refractivity contribution < 1.29 is 0 Å². The third kappa shape index (κ3) is 2.66. The van der Waals surface area contributed by atoms with Gasteiger partial charge in [-0.25, -0.2) is 4.98 Å². The first kappa shape index (κ1) is 14.1. The summed E-state index contributed by atoms with van der Waals surface area (Å²) in [5.41, 5.74) is 10.7. The fourth-order valence-corrected chi connectivity index (χ4v) is 2.43. The summed E-state index contributed by atoms with van der Waals surface area (Å²) in [4.78, 5) is 4.86. The number of rotatable bonds is 3. The van der Waals surface area contributed by atoms with Gasteiger partial charge in [-0.15, -0.1) is 0 Å². The Bertz CT molecular complexity index is 588. The highest BCUT2D eigenvalue weighted by Gasteiger charge is 2.22. The molecule has 0 amide bonds. The number of benzene rings is 1. The molecule has 0 bridgehead atoms. The van der Waals surface area contributed by atoms with Gasteiger partial charge in [0.25, 0.3) is 0 Å². The van der Waals surface area contributed by atoms with E-state index in [1.807, 2.05) is 0 Å². The zero-order valence-electron chi connectivity index (χ0n) is 12.7. The predicted molar refractivity (Wildman–Crippen MR) is 81.6 cm³/mol. The van der Waals surface area contributed by atoms with Gasteiger partial charge in [0.2, 0.25) is 0 Å². The first-order valence-electron chi connectivity index (χ1n) is 7.02. The summed E-state index contributed by atoms with van der Waals surface area (Å²) in [6, 6.07) is 4.45. The van der Waals surface area contributed by atoms with E-state index in [4.69, 9.17) is 10.7 Å². The van der Waals surface area contributed by atoms with Crippen LogP contribution in [0.5, 0.6) is 0 Å². The molecule has 0 radical (unpaired) electrons. The molecule has 0 aliphatic heterocycles. The van der Waals surface area contributed by atoms with E-state index in [0.29, 0.717) is 6.54 Å². The molecule has 1 heterocycles. The van der Waals surface area contributed by atoms with Gasteiger partial charge in [-0.1, -0.05) is 20.8 Å². The second-order valence-electron chi connectivity index (χ2n) is 6.40. The van der Waals surface area contributed by atoms with Crippen molar-refractivity contribution in [1.82, 2.24) is 9.55 Å². The van der Waals surface area contributed by atoms with Crippen molar-refractivity contribution in [2.75, 3.05) is 6.54 Å². The maximum absolute atomic E-state index is 5.67. The monoisotopic (exact) mass is 259 g/mol. The molecule has 2 rings (SSSR count). The first-order chi connectivity index (χ1) is 8.84. The van der Waals surface area contributed by atoms with Gasteiger partial charge in [-0.05, 0) is 50.1 Å². The molecule has 1 aromatic carbocycles. The maximum atomic E-state index is 5.67. The summed E-state index contributed by atoms with van der Waals surface area (Å²) in [5.74, 6) is 1.15. The topological polar surface area (TPSA) is 43.8 Å². The smallest absolute Gasteiger partial charge is 0.115 e. The van der Waals surface area contributed by atoms with Crippen molar-refractivity contribution in [3.8, 4) is 0 Å². The molecule has 0 saturated carbocycles. The summed E-state index contributed by atoms with van der Waals surface area (Å²) >= 11 is 0. The standard InChI is InChI=1S/C16H25N3/c1-11-9-13-14(10-12(11)2)19(8-6-7-17)15(18-13)16(3,4)5/h9-10H,6-8,17H2,1-5H3. The number of hydrogen-bond acceptors (Lipinski definition) is 2. The number of nitrogens with two attached hydrogens (primary N) is 1. The number of fused-ring (bicyclic) bond motifs is 1. The molecule has 1 aromatic heterocycles.